The fourth-order valence-electron chi connectivity index (χ4n) is 3.27. The van der Waals surface area contributed by atoms with Crippen LogP contribution in [0.5, 0.6) is 0 Å². The number of carbonyl (C=O) groups excluding carboxylic acids is 1. The zero-order chi connectivity index (χ0) is 19.6. The summed E-state index contributed by atoms with van der Waals surface area (Å²) in [6.07, 6.45) is 0. The number of benzene rings is 2. The van der Waals surface area contributed by atoms with Gasteiger partial charge >= 0.3 is 0 Å². The standard InChI is InChI=1S/C20H23BrFN3O2/c1-12-14(4-3-5-16(12)21)13(2)24-20(26)15-10-19(17(22)11-18(15)23)25-6-8-27-9-7-25/h3-5,10-11,13H,6-9,23H2,1-2H3,(H,24,26)/t13-/m1/s1. The number of rotatable bonds is 4. The third-order valence-corrected chi connectivity index (χ3v) is 5.70. The number of amides is 1. The van der Waals surface area contributed by atoms with Crippen molar-refractivity contribution in [1.82, 2.24) is 5.32 Å². The van der Waals surface area contributed by atoms with Gasteiger partial charge in [0.2, 0.25) is 0 Å². The predicted molar refractivity (Wildman–Crippen MR) is 109 cm³/mol. The van der Waals surface area contributed by atoms with Crippen LogP contribution in [0.2, 0.25) is 0 Å². The smallest absolute Gasteiger partial charge is 0.253 e. The monoisotopic (exact) mass is 435 g/mol. The third kappa shape index (κ3) is 4.25. The summed E-state index contributed by atoms with van der Waals surface area (Å²) >= 11 is 3.51. The lowest BCUT2D eigenvalue weighted by Crippen LogP contribution is -2.37. The van der Waals surface area contributed by atoms with E-state index in [1.54, 1.807) is 0 Å². The van der Waals surface area contributed by atoms with Gasteiger partial charge in [-0.05, 0) is 43.2 Å². The zero-order valence-electron chi connectivity index (χ0n) is 15.4. The molecule has 27 heavy (non-hydrogen) atoms. The van der Waals surface area contributed by atoms with Crippen LogP contribution >= 0.6 is 15.9 Å². The molecule has 5 nitrogen and oxygen atoms in total. The number of nitrogens with zero attached hydrogens (tertiary/aromatic N) is 1. The molecular weight excluding hydrogens is 413 g/mol. The van der Waals surface area contributed by atoms with E-state index >= 15 is 0 Å². The molecule has 2 aromatic carbocycles. The maximum absolute atomic E-state index is 14.4. The lowest BCUT2D eigenvalue weighted by Gasteiger charge is -2.29. The molecule has 1 aliphatic rings. The van der Waals surface area contributed by atoms with Crippen molar-refractivity contribution in [3.05, 3.63) is 57.3 Å². The Kier molecular flexibility index (Phi) is 6.01. The van der Waals surface area contributed by atoms with Crippen LogP contribution in [0.1, 0.15) is 34.5 Å². The molecule has 3 N–H and O–H groups in total. The van der Waals surface area contributed by atoms with Gasteiger partial charge < -0.3 is 20.7 Å². The number of anilines is 2. The molecule has 7 heteroatoms. The number of carbonyl (C=O) groups is 1. The summed E-state index contributed by atoms with van der Waals surface area (Å²) in [6, 6.07) is 8.39. The van der Waals surface area contributed by atoms with Crippen LogP contribution in [0.4, 0.5) is 15.8 Å². The van der Waals surface area contributed by atoms with Gasteiger partial charge in [0.05, 0.1) is 30.5 Å². The average Bonchev–Trinajstić information content (AvgIpc) is 2.64. The molecule has 0 bridgehead atoms. The largest absolute Gasteiger partial charge is 0.398 e. The molecule has 1 atom stereocenters. The second kappa shape index (κ2) is 8.27. The van der Waals surface area contributed by atoms with Crippen molar-refractivity contribution in [3.8, 4) is 0 Å². The predicted octanol–water partition coefficient (Wildman–Crippen LogP) is 3.81. The van der Waals surface area contributed by atoms with E-state index in [1.807, 2.05) is 36.9 Å². The number of nitrogen functional groups attached to an aromatic ring is 1. The minimum absolute atomic E-state index is 0.125. The molecule has 1 fully saturated rings. The first kappa shape index (κ1) is 19.6. The van der Waals surface area contributed by atoms with Crippen molar-refractivity contribution >= 4 is 33.2 Å². The van der Waals surface area contributed by atoms with Crippen LogP contribution in [-0.4, -0.2) is 32.2 Å². The summed E-state index contributed by atoms with van der Waals surface area (Å²) in [4.78, 5) is 14.7. The van der Waals surface area contributed by atoms with E-state index in [2.05, 4.69) is 21.2 Å². The van der Waals surface area contributed by atoms with Gasteiger partial charge in [-0.15, -0.1) is 0 Å². The van der Waals surface area contributed by atoms with E-state index < -0.39 is 5.82 Å². The third-order valence-electron chi connectivity index (χ3n) is 4.84. The normalized spacial score (nSPS) is 15.5. The highest BCUT2D eigenvalue weighted by molar-refractivity contribution is 9.10. The minimum Gasteiger partial charge on any atom is -0.398 e. The molecule has 0 aliphatic carbocycles. The fraction of sp³-hybridized carbons (Fsp3) is 0.350. The number of nitrogens with one attached hydrogen (secondary N) is 1. The van der Waals surface area contributed by atoms with Crippen LogP contribution in [0.15, 0.2) is 34.8 Å². The number of ether oxygens (including phenoxy) is 1. The molecule has 0 spiro atoms. The topological polar surface area (TPSA) is 67.6 Å². The quantitative estimate of drug-likeness (QED) is 0.716. The first-order chi connectivity index (χ1) is 12.9. The second-order valence-corrected chi connectivity index (χ2v) is 7.49. The van der Waals surface area contributed by atoms with Crippen LogP contribution in [0, 0.1) is 12.7 Å². The van der Waals surface area contributed by atoms with Crippen molar-refractivity contribution in [2.45, 2.75) is 19.9 Å². The first-order valence-electron chi connectivity index (χ1n) is 8.86. The molecule has 0 unspecified atom stereocenters. The van der Waals surface area contributed by atoms with Crippen molar-refractivity contribution < 1.29 is 13.9 Å². The van der Waals surface area contributed by atoms with Crippen LogP contribution in [0.25, 0.3) is 0 Å². The van der Waals surface area contributed by atoms with E-state index in [1.165, 1.54) is 12.1 Å². The number of hydrogen-bond acceptors (Lipinski definition) is 4. The van der Waals surface area contributed by atoms with Gasteiger partial charge in [-0.25, -0.2) is 4.39 Å². The van der Waals surface area contributed by atoms with Crippen LogP contribution in [0.3, 0.4) is 0 Å². The maximum atomic E-state index is 14.4. The van der Waals surface area contributed by atoms with Gasteiger partial charge in [0, 0.05) is 23.2 Å². The van der Waals surface area contributed by atoms with E-state index in [-0.39, 0.29) is 23.2 Å². The molecule has 1 aliphatic heterocycles. The Hall–Kier alpha value is -2.12. The van der Waals surface area contributed by atoms with Crippen molar-refractivity contribution in [3.63, 3.8) is 0 Å². The van der Waals surface area contributed by atoms with E-state index in [0.717, 1.165) is 15.6 Å². The molecule has 1 saturated heterocycles. The molecule has 0 radical (unpaired) electrons. The molecule has 0 aromatic heterocycles. The SMILES string of the molecule is Cc1c(Br)cccc1[C@@H](C)NC(=O)c1cc(N2CCOCC2)c(F)cc1N. The molecular formula is C20H23BrFN3O2. The summed E-state index contributed by atoms with van der Waals surface area (Å²) < 4.78 is 20.7. The highest BCUT2D eigenvalue weighted by atomic mass is 79.9. The van der Waals surface area contributed by atoms with E-state index in [9.17, 15) is 9.18 Å². The Labute approximate surface area is 166 Å². The van der Waals surface area contributed by atoms with Gasteiger partial charge in [-0.2, -0.15) is 0 Å². The van der Waals surface area contributed by atoms with Gasteiger partial charge in [-0.3, -0.25) is 4.79 Å². The van der Waals surface area contributed by atoms with E-state index in [4.69, 9.17) is 10.5 Å². The van der Waals surface area contributed by atoms with Crippen molar-refractivity contribution in [2.75, 3.05) is 36.9 Å². The Morgan fingerprint density at radius 3 is 2.74 bits per heavy atom. The molecule has 3 rings (SSSR count). The molecule has 1 amide bonds. The summed E-state index contributed by atoms with van der Waals surface area (Å²) in [5.41, 5.74) is 8.78. The van der Waals surface area contributed by atoms with Gasteiger partial charge in [0.1, 0.15) is 5.82 Å². The first-order valence-corrected chi connectivity index (χ1v) is 9.65. The number of hydrogen-bond donors (Lipinski definition) is 2. The molecule has 1 heterocycles. The van der Waals surface area contributed by atoms with E-state index in [0.29, 0.717) is 32.0 Å². The van der Waals surface area contributed by atoms with Crippen molar-refractivity contribution in [2.24, 2.45) is 0 Å². The maximum Gasteiger partial charge on any atom is 0.253 e. The average molecular weight is 436 g/mol. The molecule has 2 aromatic rings. The number of halogens is 2. The van der Waals surface area contributed by atoms with Crippen LogP contribution < -0.4 is 16.0 Å². The fourth-order valence-corrected chi connectivity index (χ4v) is 3.65. The van der Waals surface area contributed by atoms with Crippen molar-refractivity contribution in [1.29, 1.82) is 0 Å². The Morgan fingerprint density at radius 2 is 2.04 bits per heavy atom. The van der Waals surface area contributed by atoms with Gasteiger partial charge in [0.15, 0.2) is 0 Å². The summed E-state index contributed by atoms with van der Waals surface area (Å²) in [5.74, 6) is -0.754. The summed E-state index contributed by atoms with van der Waals surface area (Å²) in [5, 5.41) is 2.97. The lowest BCUT2D eigenvalue weighted by molar-refractivity contribution is 0.0940. The molecule has 144 valence electrons. The Bertz CT molecular complexity index is 853. The summed E-state index contributed by atoms with van der Waals surface area (Å²) in [6.45, 7) is 6.13. The highest BCUT2D eigenvalue weighted by Crippen LogP contribution is 2.28. The molecule has 0 saturated carbocycles. The number of nitrogens with two attached hydrogens (primary N) is 1. The highest BCUT2D eigenvalue weighted by Gasteiger charge is 2.21. The lowest BCUT2D eigenvalue weighted by atomic mass is 10.0. The zero-order valence-corrected chi connectivity index (χ0v) is 17.0. The van der Waals surface area contributed by atoms with Gasteiger partial charge in [0.25, 0.3) is 5.91 Å². The minimum atomic E-state index is -0.429. The Morgan fingerprint density at radius 1 is 1.33 bits per heavy atom. The Balaban J connectivity index is 1.84. The second-order valence-electron chi connectivity index (χ2n) is 6.64. The summed E-state index contributed by atoms with van der Waals surface area (Å²) in [7, 11) is 0. The van der Waals surface area contributed by atoms with Crippen LogP contribution in [-0.2, 0) is 4.74 Å². The number of morpholine rings is 1. The van der Waals surface area contributed by atoms with Gasteiger partial charge in [-0.1, -0.05) is 28.1 Å².